The fourth-order valence-corrected chi connectivity index (χ4v) is 5.09. The molecule has 0 saturated carbocycles. The van der Waals surface area contributed by atoms with Gasteiger partial charge in [-0.15, -0.1) is 0 Å². The largest absolute Gasteiger partial charge is 0.371 e. The SMILES string of the molecule is O=C(NCC1CCN(c2ccccc2)C1)c1cccc(C(=O)NCC2CCN(c3ccccc3)C2)n1. The van der Waals surface area contributed by atoms with Gasteiger partial charge in [-0.2, -0.15) is 0 Å². The number of rotatable bonds is 8. The van der Waals surface area contributed by atoms with Crippen LogP contribution in [0, 0.1) is 11.8 Å². The van der Waals surface area contributed by atoms with Crippen LogP contribution < -0.4 is 20.4 Å². The number of nitrogens with zero attached hydrogens (tertiary/aromatic N) is 3. The zero-order valence-electron chi connectivity index (χ0n) is 20.5. The molecule has 0 radical (unpaired) electrons. The highest BCUT2D eigenvalue weighted by atomic mass is 16.2. The Hall–Kier alpha value is -3.87. The summed E-state index contributed by atoms with van der Waals surface area (Å²) in [6.45, 7) is 5.01. The summed E-state index contributed by atoms with van der Waals surface area (Å²) < 4.78 is 0. The van der Waals surface area contributed by atoms with Gasteiger partial charge in [-0.3, -0.25) is 9.59 Å². The molecule has 5 rings (SSSR count). The molecule has 3 heterocycles. The first-order valence-corrected chi connectivity index (χ1v) is 12.8. The molecule has 2 N–H and O–H groups in total. The van der Waals surface area contributed by atoms with Crippen molar-refractivity contribution in [2.24, 2.45) is 11.8 Å². The summed E-state index contributed by atoms with van der Waals surface area (Å²) in [5.41, 5.74) is 2.99. The minimum absolute atomic E-state index is 0.239. The molecular formula is C29H33N5O2. The third-order valence-electron chi connectivity index (χ3n) is 7.13. The van der Waals surface area contributed by atoms with Crippen molar-refractivity contribution in [1.82, 2.24) is 15.6 Å². The number of anilines is 2. The number of aromatic nitrogens is 1. The lowest BCUT2D eigenvalue weighted by atomic mass is 10.1. The van der Waals surface area contributed by atoms with Gasteiger partial charge in [0.1, 0.15) is 11.4 Å². The second-order valence-electron chi connectivity index (χ2n) is 9.70. The molecule has 1 aromatic heterocycles. The summed E-state index contributed by atoms with van der Waals surface area (Å²) in [5.74, 6) is 0.305. The Morgan fingerprint density at radius 2 is 1.11 bits per heavy atom. The quantitative estimate of drug-likeness (QED) is 0.512. The minimum atomic E-state index is -0.239. The summed E-state index contributed by atoms with van der Waals surface area (Å²) in [6.07, 6.45) is 2.07. The van der Waals surface area contributed by atoms with Gasteiger partial charge in [0, 0.05) is 50.6 Å². The smallest absolute Gasteiger partial charge is 0.269 e. The molecule has 2 aliphatic heterocycles. The Balaban J connectivity index is 1.08. The van der Waals surface area contributed by atoms with Crippen molar-refractivity contribution >= 4 is 23.2 Å². The van der Waals surface area contributed by atoms with E-state index in [-0.39, 0.29) is 23.2 Å². The molecule has 2 atom stereocenters. The molecule has 0 bridgehead atoms. The number of hydrogen-bond donors (Lipinski definition) is 2. The van der Waals surface area contributed by atoms with Crippen molar-refractivity contribution in [3.8, 4) is 0 Å². The van der Waals surface area contributed by atoms with E-state index >= 15 is 0 Å². The van der Waals surface area contributed by atoms with Gasteiger partial charge in [-0.1, -0.05) is 42.5 Å². The Bertz CT molecular complexity index is 1080. The highest BCUT2D eigenvalue weighted by Gasteiger charge is 2.25. The number of nitrogens with one attached hydrogen (secondary N) is 2. The Morgan fingerprint density at radius 3 is 1.56 bits per heavy atom. The average Bonchev–Trinajstić information content (AvgIpc) is 3.62. The minimum Gasteiger partial charge on any atom is -0.371 e. The van der Waals surface area contributed by atoms with Crippen molar-refractivity contribution in [2.75, 3.05) is 49.1 Å². The Labute approximate surface area is 212 Å². The predicted octanol–water partition coefficient (Wildman–Crippen LogP) is 3.59. The highest BCUT2D eigenvalue weighted by Crippen LogP contribution is 2.24. The van der Waals surface area contributed by atoms with Crippen LogP contribution in [0.1, 0.15) is 33.8 Å². The normalized spacial score (nSPS) is 19.3. The number of benzene rings is 2. The van der Waals surface area contributed by atoms with Crippen LogP contribution in [0.15, 0.2) is 78.9 Å². The molecule has 2 aromatic carbocycles. The lowest BCUT2D eigenvalue weighted by Crippen LogP contribution is -2.33. The molecular weight excluding hydrogens is 450 g/mol. The average molecular weight is 484 g/mol. The van der Waals surface area contributed by atoms with Gasteiger partial charge in [-0.05, 0) is 61.1 Å². The number of carbonyl (C=O) groups is 2. The van der Waals surface area contributed by atoms with Gasteiger partial charge >= 0.3 is 0 Å². The van der Waals surface area contributed by atoms with Crippen LogP contribution in [0.2, 0.25) is 0 Å². The lowest BCUT2D eigenvalue weighted by molar-refractivity contribution is 0.0939. The molecule has 3 aromatic rings. The topological polar surface area (TPSA) is 77.6 Å². The second-order valence-corrected chi connectivity index (χ2v) is 9.70. The molecule has 7 nitrogen and oxygen atoms in total. The first kappa shape index (κ1) is 23.9. The molecule has 2 amide bonds. The fourth-order valence-electron chi connectivity index (χ4n) is 5.09. The van der Waals surface area contributed by atoms with E-state index in [9.17, 15) is 9.59 Å². The standard InChI is InChI=1S/C29H33N5O2/c35-28(30-18-22-14-16-33(20-22)24-8-3-1-4-9-24)26-12-7-13-27(32-26)29(36)31-19-23-15-17-34(21-23)25-10-5-2-6-11-25/h1-13,22-23H,14-21H2,(H,30,35)(H,31,36). The molecule has 0 spiro atoms. The number of pyridine rings is 1. The number of para-hydroxylation sites is 2. The van der Waals surface area contributed by atoms with E-state index < -0.39 is 0 Å². The van der Waals surface area contributed by atoms with Gasteiger partial charge in [0.25, 0.3) is 11.8 Å². The Morgan fingerprint density at radius 1 is 0.667 bits per heavy atom. The van der Waals surface area contributed by atoms with Crippen LogP contribution in [0.25, 0.3) is 0 Å². The van der Waals surface area contributed by atoms with Crippen molar-refractivity contribution in [3.63, 3.8) is 0 Å². The van der Waals surface area contributed by atoms with E-state index in [1.165, 1.54) is 11.4 Å². The van der Waals surface area contributed by atoms with Crippen molar-refractivity contribution in [2.45, 2.75) is 12.8 Å². The fraction of sp³-hybridized carbons (Fsp3) is 0.345. The summed E-state index contributed by atoms with van der Waals surface area (Å²) >= 11 is 0. The van der Waals surface area contributed by atoms with Crippen molar-refractivity contribution in [3.05, 3.63) is 90.3 Å². The number of hydrogen-bond acceptors (Lipinski definition) is 5. The van der Waals surface area contributed by atoms with Crippen LogP contribution in [0.3, 0.4) is 0 Å². The molecule has 36 heavy (non-hydrogen) atoms. The van der Waals surface area contributed by atoms with E-state index in [0.717, 1.165) is 39.0 Å². The molecule has 2 fully saturated rings. The van der Waals surface area contributed by atoms with Crippen LogP contribution in [-0.2, 0) is 0 Å². The maximum Gasteiger partial charge on any atom is 0.269 e. The third kappa shape index (κ3) is 5.85. The Kier molecular flexibility index (Phi) is 7.45. The van der Waals surface area contributed by atoms with Gasteiger partial charge in [0.05, 0.1) is 0 Å². The van der Waals surface area contributed by atoms with E-state index in [1.54, 1.807) is 18.2 Å². The van der Waals surface area contributed by atoms with E-state index in [0.29, 0.717) is 24.9 Å². The van der Waals surface area contributed by atoms with Crippen LogP contribution in [-0.4, -0.2) is 56.1 Å². The first-order chi connectivity index (χ1) is 17.7. The molecule has 186 valence electrons. The monoisotopic (exact) mass is 483 g/mol. The summed E-state index contributed by atoms with van der Waals surface area (Å²) in [7, 11) is 0. The molecule has 0 aliphatic carbocycles. The van der Waals surface area contributed by atoms with Gasteiger partial charge in [-0.25, -0.2) is 4.98 Å². The molecule has 2 saturated heterocycles. The zero-order chi connectivity index (χ0) is 24.7. The van der Waals surface area contributed by atoms with Crippen LogP contribution >= 0.6 is 0 Å². The van der Waals surface area contributed by atoms with E-state index in [4.69, 9.17) is 0 Å². The maximum atomic E-state index is 12.7. The van der Waals surface area contributed by atoms with E-state index in [2.05, 4.69) is 49.7 Å². The summed E-state index contributed by atoms with van der Waals surface area (Å²) in [4.78, 5) is 34.5. The predicted molar refractivity (Wildman–Crippen MR) is 142 cm³/mol. The number of carbonyl (C=O) groups excluding carboxylic acids is 2. The van der Waals surface area contributed by atoms with Gasteiger partial charge in [0.15, 0.2) is 0 Å². The first-order valence-electron chi connectivity index (χ1n) is 12.8. The van der Waals surface area contributed by atoms with Crippen LogP contribution in [0.5, 0.6) is 0 Å². The van der Waals surface area contributed by atoms with Crippen molar-refractivity contribution < 1.29 is 9.59 Å². The van der Waals surface area contributed by atoms with Gasteiger partial charge in [0.2, 0.25) is 0 Å². The van der Waals surface area contributed by atoms with E-state index in [1.807, 2.05) is 36.4 Å². The van der Waals surface area contributed by atoms with Crippen LogP contribution in [0.4, 0.5) is 11.4 Å². The molecule has 2 unspecified atom stereocenters. The summed E-state index contributed by atoms with van der Waals surface area (Å²) in [6, 6.07) is 25.7. The number of amides is 2. The zero-order valence-corrected chi connectivity index (χ0v) is 20.5. The second kappa shape index (κ2) is 11.2. The van der Waals surface area contributed by atoms with Gasteiger partial charge < -0.3 is 20.4 Å². The van der Waals surface area contributed by atoms with Crippen molar-refractivity contribution in [1.29, 1.82) is 0 Å². The summed E-state index contributed by atoms with van der Waals surface area (Å²) in [5, 5.41) is 6.02. The molecule has 7 heteroatoms. The highest BCUT2D eigenvalue weighted by molar-refractivity contribution is 5.96. The third-order valence-corrected chi connectivity index (χ3v) is 7.13. The molecule has 2 aliphatic rings. The lowest BCUT2D eigenvalue weighted by Gasteiger charge is -2.19. The maximum absolute atomic E-state index is 12.7.